The Morgan fingerprint density at radius 3 is 2.30 bits per heavy atom. The highest BCUT2D eigenvalue weighted by atomic mass is 19.1. The molecular formula is C16H15FN2O. The van der Waals surface area contributed by atoms with E-state index in [1.165, 1.54) is 12.1 Å². The Hall–Kier alpha value is -2.22. The van der Waals surface area contributed by atoms with Crippen LogP contribution in [0.1, 0.15) is 22.3 Å². The van der Waals surface area contributed by atoms with Crippen molar-refractivity contribution >= 4 is 0 Å². The number of hydrogen-bond acceptors (Lipinski definition) is 3. The molecule has 0 fully saturated rings. The van der Waals surface area contributed by atoms with E-state index in [4.69, 9.17) is 10.4 Å². The van der Waals surface area contributed by atoms with Crippen LogP contribution < -0.4 is 5.32 Å². The molecule has 0 spiro atoms. The Morgan fingerprint density at radius 2 is 1.65 bits per heavy atom. The molecule has 0 bridgehead atoms. The number of nitrogens with one attached hydrogen (secondary N) is 1. The molecule has 0 unspecified atom stereocenters. The van der Waals surface area contributed by atoms with Crippen LogP contribution >= 0.6 is 0 Å². The molecule has 0 atom stereocenters. The lowest BCUT2D eigenvalue weighted by molar-refractivity contribution is 0.282. The maximum Gasteiger partial charge on any atom is 0.124 e. The summed E-state index contributed by atoms with van der Waals surface area (Å²) in [5.74, 6) is -0.395. The smallest absolute Gasteiger partial charge is 0.124 e. The van der Waals surface area contributed by atoms with Crippen LogP contribution in [0.2, 0.25) is 0 Å². The van der Waals surface area contributed by atoms with Crippen molar-refractivity contribution in [2.24, 2.45) is 0 Å². The normalized spacial score (nSPS) is 10.2. The maximum atomic E-state index is 13.2. The number of nitrogens with zero attached hydrogens (tertiary/aromatic N) is 1. The van der Waals surface area contributed by atoms with E-state index in [1.807, 2.05) is 30.3 Å². The second-order valence-electron chi connectivity index (χ2n) is 4.54. The molecule has 2 rings (SSSR count). The van der Waals surface area contributed by atoms with Gasteiger partial charge in [-0.05, 0) is 34.9 Å². The summed E-state index contributed by atoms with van der Waals surface area (Å²) in [6, 6.07) is 13.9. The summed E-state index contributed by atoms with van der Waals surface area (Å²) in [7, 11) is 0. The fourth-order valence-corrected chi connectivity index (χ4v) is 1.93. The summed E-state index contributed by atoms with van der Waals surface area (Å²) in [4.78, 5) is 0. The van der Waals surface area contributed by atoms with E-state index in [0.29, 0.717) is 18.7 Å². The van der Waals surface area contributed by atoms with Crippen molar-refractivity contribution in [3.05, 3.63) is 70.5 Å². The average Bonchev–Trinajstić information content (AvgIpc) is 2.47. The molecule has 20 heavy (non-hydrogen) atoms. The number of nitriles is 1. The van der Waals surface area contributed by atoms with Crippen LogP contribution in [0.3, 0.4) is 0 Å². The minimum absolute atomic E-state index is 0.0357. The van der Waals surface area contributed by atoms with Gasteiger partial charge in [0.1, 0.15) is 5.82 Å². The number of aliphatic hydroxyl groups is 1. The molecule has 2 aromatic carbocycles. The van der Waals surface area contributed by atoms with Crippen LogP contribution in [0.25, 0.3) is 0 Å². The lowest BCUT2D eigenvalue weighted by Gasteiger charge is -2.06. The van der Waals surface area contributed by atoms with Gasteiger partial charge in [0, 0.05) is 13.1 Å². The quantitative estimate of drug-likeness (QED) is 0.877. The SMILES string of the molecule is N#Cc1cc(F)cc(CNCc2ccc(CO)cc2)c1. The molecule has 0 heterocycles. The number of halogens is 1. The van der Waals surface area contributed by atoms with E-state index in [9.17, 15) is 4.39 Å². The van der Waals surface area contributed by atoms with Crippen molar-refractivity contribution in [2.45, 2.75) is 19.7 Å². The lowest BCUT2D eigenvalue weighted by atomic mass is 10.1. The minimum atomic E-state index is -0.395. The first kappa shape index (κ1) is 14.2. The second-order valence-corrected chi connectivity index (χ2v) is 4.54. The molecule has 4 heteroatoms. The van der Waals surface area contributed by atoms with Crippen molar-refractivity contribution in [2.75, 3.05) is 0 Å². The van der Waals surface area contributed by atoms with E-state index in [0.717, 1.165) is 16.7 Å². The topological polar surface area (TPSA) is 56.0 Å². The summed E-state index contributed by atoms with van der Waals surface area (Å²) in [6.45, 7) is 1.17. The third-order valence-corrected chi connectivity index (χ3v) is 2.95. The minimum Gasteiger partial charge on any atom is -0.392 e. The van der Waals surface area contributed by atoms with Crippen molar-refractivity contribution in [3.63, 3.8) is 0 Å². The predicted octanol–water partition coefficient (Wildman–Crippen LogP) is 2.48. The largest absolute Gasteiger partial charge is 0.392 e. The van der Waals surface area contributed by atoms with E-state index >= 15 is 0 Å². The van der Waals surface area contributed by atoms with Crippen LogP contribution in [0.4, 0.5) is 4.39 Å². The number of benzene rings is 2. The molecule has 0 saturated carbocycles. The Kier molecular flexibility index (Phi) is 4.83. The van der Waals surface area contributed by atoms with Gasteiger partial charge in [0.25, 0.3) is 0 Å². The van der Waals surface area contributed by atoms with Crippen molar-refractivity contribution in [3.8, 4) is 6.07 Å². The maximum absolute atomic E-state index is 13.2. The monoisotopic (exact) mass is 270 g/mol. The highest BCUT2D eigenvalue weighted by Gasteiger charge is 2.01. The highest BCUT2D eigenvalue weighted by Crippen LogP contribution is 2.09. The van der Waals surface area contributed by atoms with Gasteiger partial charge >= 0.3 is 0 Å². The summed E-state index contributed by atoms with van der Waals surface area (Å²) < 4.78 is 13.2. The fraction of sp³-hybridized carbons (Fsp3) is 0.188. The standard InChI is InChI=1S/C16H15FN2O/c17-16-6-14(8-18)5-15(7-16)10-19-9-12-1-3-13(11-20)4-2-12/h1-7,19-20H,9-11H2. The van der Waals surface area contributed by atoms with Crippen LogP contribution in [0.15, 0.2) is 42.5 Å². The van der Waals surface area contributed by atoms with Gasteiger partial charge in [-0.2, -0.15) is 5.26 Å². The van der Waals surface area contributed by atoms with Gasteiger partial charge < -0.3 is 10.4 Å². The van der Waals surface area contributed by atoms with Gasteiger partial charge in [-0.1, -0.05) is 24.3 Å². The van der Waals surface area contributed by atoms with Gasteiger partial charge in [-0.25, -0.2) is 4.39 Å². The lowest BCUT2D eigenvalue weighted by Crippen LogP contribution is -2.13. The molecule has 0 radical (unpaired) electrons. The van der Waals surface area contributed by atoms with Crippen molar-refractivity contribution in [1.82, 2.24) is 5.32 Å². The Morgan fingerprint density at radius 1 is 1.00 bits per heavy atom. The van der Waals surface area contributed by atoms with E-state index in [1.54, 1.807) is 6.07 Å². The molecule has 3 nitrogen and oxygen atoms in total. The third kappa shape index (κ3) is 3.89. The van der Waals surface area contributed by atoms with Crippen LogP contribution in [0.5, 0.6) is 0 Å². The molecule has 102 valence electrons. The summed E-state index contributed by atoms with van der Waals surface area (Å²) in [5.41, 5.74) is 3.03. The first-order valence-electron chi connectivity index (χ1n) is 6.30. The zero-order chi connectivity index (χ0) is 14.4. The Labute approximate surface area is 117 Å². The van der Waals surface area contributed by atoms with Crippen LogP contribution in [-0.4, -0.2) is 5.11 Å². The van der Waals surface area contributed by atoms with Crippen molar-refractivity contribution in [1.29, 1.82) is 5.26 Å². The zero-order valence-electron chi connectivity index (χ0n) is 10.9. The molecular weight excluding hydrogens is 255 g/mol. The van der Waals surface area contributed by atoms with Gasteiger partial charge in [0.15, 0.2) is 0 Å². The molecule has 0 aromatic heterocycles. The second kappa shape index (κ2) is 6.80. The molecule has 0 saturated heterocycles. The first-order chi connectivity index (χ1) is 9.71. The fourth-order valence-electron chi connectivity index (χ4n) is 1.93. The summed E-state index contributed by atoms with van der Waals surface area (Å²) >= 11 is 0. The Balaban J connectivity index is 1.92. The molecule has 0 aliphatic carbocycles. The average molecular weight is 270 g/mol. The highest BCUT2D eigenvalue weighted by molar-refractivity contribution is 5.33. The number of hydrogen-bond donors (Lipinski definition) is 2. The third-order valence-electron chi connectivity index (χ3n) is 2.95. The number of aliphatic hydroxyl groups excluding tert-OH is 1. The predicted molar refractivity (Wildman–Crippen MR) is 74.0 cm³/mol. The molecule has 2 aromatic rings. The van der Waals surface area contributed by atoms with E-state index in [-0.39, 0.29) is 6.61 Å². The molecule has 2 N–H and O–H groups in total. The zero-order valence-corrected chi connectivity index (χ0v) is 10.9. The van der Waals surface area contributed by atoms with Crippen LogP contribution in [0, 0.1) is 17.1 Å². The van der Waals surface area contributed by atoms with Gasteiger partial charge in [0.2, 0.25) is 0 Å². The van der Waals surface area contributed by atoms with Gasteiger partial charge in [0.05, 0.1) is 18.2 Å². The molecule has 0 aliphatic rings. The summed E-state index contributed by atoms with van der Waals surface area (Å²) in [6.07, 6.45) is 0. The van der Waals surface area contributed by atoms with E-state index < -0.39 is 5.82 Å². The van der Waals surface area contributed by atoms with Crippen LogP contribution in [-0.2, 0) is 19.7 Å². The van der Waals surface area contributed by atoms with Gasteiger partial charge in [-0.15, -0.1) is 0 Å². The van der Waals surface area contributed by atoms with Crippen molar-refractivity contribution < 1.29 is 9.50 Å². The molecule has 0 aliphatic heterocycles. The molecule has 0 amide bonds. The van der Waals surface area contributed by atoms with E-state index in [2.05, 4.69) is 5.32 Å². The summed E-state index contributed by atoms with van der Waals surface area (Å²) in [5, 5.41) is 20.9. The first-order valence-corrected chi connectivity index (χ1v) is 6.30. The number of rotatable bonds is 5. The van der Waals surface area contributed by atoms with Gasteiger partial charge in [-0.3, -0.25) is 0 Å². The Bertz CT molecular complexity index is 617.